The lowest BCUT2D eigenvalue weighted by atomic mass is 9.78. The number of amides is 1. The lowest BCUT2D eigenvalue weighted by molar-refractivity contribution is -0.141. The lowest BCUT2D eigenvalue weighted by Gasteiger charge is -2.37. The van der Waals surface area contributed by atoms with Crippen molar-refractivity contribution in [1.29, 1.82) is 5.26 Å². The van der Waals surface area contributed by atoms with E-state index in [2.05, 4.69) is 26.3 Å². The summed E-state index contributed by atoms with van der Waals surface area (Å²) in [5, 5.41) is 24.0. The van der Waals surface area contributed by atoms with Crippen LogP contribution in [0.25, 0.3) is 10.4 Å². The van der Waals surface area contributed by atoms with Crippen molar-refractivity contribution in [2.24, 2.45) is 11.8 Å². The van der Waals surface area contributed by atoms with Crippen molar-refractivity contribution in [3.63, 3.8) is 0 Å². The molecule has 5 rings (SSSR count). The molecule has 0 radical (unpaired) electrons. The number of hydrogen-bond acceptors (Lipinski definition) is 8. The zero-order valence-corrected chi connectivity index (χ0v) is 22.7. The zero-order chi connectivity index (χ0) is 28.5. The van der Waals surface area contributed by atoms with Gasteiger partial charge in [-0.05, 0) is 74.8 Å². The quantitative estimate of drug-likeness (QED) is 0.398. The first kappa shape index (κ1) is 28.0. The second kappa shape index (κ2) is 11.1. The van der Waals surface area contributed by atoms with Crippen molar-refractivity contribution < 1.29 is 23.1 Å². The van der Waals surface area contributed by atoms with Crippen LogP contribution in [0, 0.1) is 30.1 Å². The van der Waals surface area contributed by atoms with Gasteiger partial charge in [-0.2, -0.15) is 18.4 Å². The summed E-state index contributed by atoms with van der Waals surface area (Å²) < 4.78 is 39.1. The van der Waals surface area contributed by atoms with Gasteiger partial charge in [-0.3, -0.25) is 4.79 Å². The average Bonchev–Trinajstić information content (AvgIpc) is 3.44. The number of likely N-dealkylation sites (tertiary alicyclic amines) is 1. The molecule has 0 atom stereocenters. The van der Waals surface area contributed by atoms with Crippen LogP contribution in [-0.2, 0) is 16.6 Å². The summed E-state index contributed by atoms with van der Waals surface area (Å²) in [4.78, 5) is 27.7. The predicted molar refractivity (Wildman–Crippen MR) is 143 cm³/mol. The molecular formula is C28H29F3N6O2S. The van der Waals surface area contributed by atoms with Crippen molar-refractivity contribution >= 4 is 28.9 Å². The Hall–Kier alpha value is -3.56. The third kappa shape index (κ3) is 6.10. The molecule has 3 aromatic rings. The number of nitrogens with one attached hydrogen (secondary N) is 1. The van der Waals surface area contributed by atoms with Gasteiger partial charge in [0.2, 0.25) is 11.9 Å². The smallest absolute Gasteiger partial charge is 0.383 e. The number of thiazole rings is 1. The average molecular weight is 571 g/mol. The summed E-state index contributed by atoms with van der Waals surface area (Å²) in [5.41, 5.74) is 0.0496. The molecular weight excluding hydrogens is 541 g/mol. The molecule has 8 nitrogen and oxygen atoms in total. The number of benzene rings is 1. The van der Waals surface area contributed by atoms with Crippen molar-refractivity contribution in [2.45, 2.75) is 57.2 Å². The number of hydrogen-bond donors (Lipinski definition) is 2. The Balaban J connectivity index is 1.26. The Bertz CT molecular complexity index is 1420. The standard InChI is InChI=1S/C28H29F3N6O2S/c1-17-12-20(14-21(13-17)35-26-33-9-4-23(36-26)28(29,30)31)22-16-34-25(40-22)27(39)7-2-19(3-8-27)24(38)37-10-5-18(15-32)6-11-37/h4,9,12-14,16,18-19,39H,2-3,5-8,10-11H2,1H3,(H,33,35,36)/t19-,27-. The molecule has 40 heavy (non-hydrogen) atoms. The molecule has 1 saturated heterocycles. The molecule has 2 fully saturated rings. The first-order chi connectivity index (χ1) is 19.0. The first-order valence-corrected chi connectivity index (χ1v) is 14.0. The van der Waals surface area contributed by atoms with Crippen LogP contribution in [0.4, 0.5) is 24.8 Å². The molecule has 1 aromatic carbocycles. The third-order valence-corrected chi connectivity index (χ3v) is 8.86. The summed E-state index contributed by atoms with van der Waals surface area (Å²) in [6.45, 7) is 3.10. The van der Waals surface area contributed by atoms with Crippen molar-refractivity contribution in [2.75, 3.05) is 18.4 Å². The van der Waals surface area contributed by atoms with Crippen LogP contribution < -0.4 is 5.32 Å². The number of nitrogens with zero attached hydrogens (tertiary/aromatic N) is 5. The fourth-order valence-corrected chi connectivity index (χ4v) is 6.42. The first-order valence-electron chi connectivity index (χ1n) is 13.2. The molecule has 2 aromatic heterocycles. The number of carbonyl (C=O) groups excluding carboxylic acids is 1. The monoisotopic (exact) mass is 570 g/mol. The molecule has 2 N–H and O–H groups in total. The molecule has 1 aliphatic heterocycles. The predicted octanol–water partition coefficient (Wildman–Crippen LogP) is 5.81. The number of nitriles is 1. The summed E-state index contributed by atoms with van der Waals surface area (Å²) in [7, 11) is 0. The van der Waals surface area contributed by atoms with Crippen molar-refractivity contribution in [3.05, 3.63) is 52.9 Å². The van der Waals surface area contributed by atoms with E-state index >= 15 is 0 Å². The molecule has 210 valence electrons. The normalized spacial score (nSPS) is 22.1. The zero-order valence-electron chi connectivity index (χ0n) is 21.9. The highest BCUT2D eigenvalue weighted by atomic mass is 32.1. The third-order valence-electron chi connectivity index (χ3n) is 7.62. The van der Waals surface area contributed by atoms with Gasteiger partial charge in [-0.15, -0.1) is 11.3 Å². The highest BCUT2D eigenvalue weighted by Gasteiger charge is 2.41. The summed E-state index contributed by atoms with van der Waals surface area (Å²) in [5.74, 6) is -0.162. The van der Waals surface area contributed by atoms with Gasteiger partial charge in [0, 0.05) is 43.0 Å². The van der Waals surface area contributed by atoms with Gasteiger partial charge < -0.3 is 15.3 Å². The van der Waals surface area contributed by atoms with Gasteiger partial charge in [0.15, 0.2) is 0 Å². The van der Waals surface area contributed by atoms with E-state index in [4.69, 9.17) is 5.26 Å². The van der Waals surface area contributed by atoms with E-state index in [1.54, 1.807) is 18.3 Å². The molecule has 1 saturated carbocycles. The van der Waals surface area contributed by atoms with E-state index in [-0.39, 0.29) is 23.7 Å². The Labute approximate surface area is 233 Å². The molecule has 12 heteroatoms. The minimum atomic E-state index is -4.57. The second-order valence-electron chi connectivity index (χ2n) is 10.5. The maximum atomic E-state index is 13.0. The molecule has 0 bridgehead atoms. The van der Waals surface area contributed by atoms with Gasteiger partial charge in [-0.25, -0.2) is 15.0 Å². The topological polar surface area (TPSA) is 115 Å². The van der Waals surface area contributed by atoms with E-state index < -0.39 is 17.5 Å². The van der Waals surface area contributed by atoms with E-state index in [1.807, 2.05) is 17.9 Å². The number of anilines is 2. The highest BCUT2D eigenvalue weighted by molar-refractivity contribution is 7.15. The largest absolute Gasteiger partial charge is 0.433 e. The molecule has 0 spiro atoms. The summed E-state index contributed by atoms with van der Waals surface area (Å²) in [6.07, 6.45) is 1.59. The number of piperidine rings is 1. The number of halogens is 3. The van der Waals surface area contributed by atoms with E-state index in [9.17, 15) is 23.1 Å². The summed E-state index contributed by atoms with van der Waals surface area (Å²) in [6, 6.07) is 8.60. The number of aliphatic hydroxyl groups is 1. The number of aromatic nitrogens is 3. The van der Waals surface area contributed by atoms with Crippen molar-refractivity contribution in [1.82, 2.24) is 19.9 Å². The van der Waals surface area contributed by atoms with Crippen LogP contribution in [0.2, 0.25) is 0 Å². The molecule has 3 heterocycles. The highest BCUT2D eigenvalue weighted by Crippen LogP contribution is 2.43. The van der Waals surface area contributed by atoms with Crippen LogP contribution in [0.1, 0.15) is 54.8 Å². The van der Waals surface area contributed by atoms with Crippen LogP contribution >= 0.6 is 11.3 Å². The van der Waals surface area contributed by atoms with Crippen LogP contribution in [-0.4, -0.2) is 44.0 Å². The number of aryl methyl sites for hydroxylation is 1. The minimum absolute atomic E-state index is 0.0220. The molecule has 1 amide bonds. The number of rotatable bonds is 5. The van der Waals surface area contributed by atoms with E-state index in [1.165, 1.54) is 11.3 Å². The fourth-order valence-electron chi connectivity index (χ4n) is 5.37. The molecule has 0 unspecified atom stereocenters. The minimum Gasteiger partial charge on any atom is -0.383 e. The lowest BCUT2D eigenvalue weighted by Crippen LogP contribution is -2.44. The Morgan fingerprint density at radius 1 is 1.18 bits per heavy atom. The van der Waals surface area contributed by atoms with Gasteiger partial charge in [0.05, 0.1) is 10.9 Å². The molecule has 2 aliphatic rings. The SMILES string of the molecule is Cc1cc(Nc2nccc(C(F)(F)F)n2)cc(-c2cnc([C@]3(O)CC[C@H](C(=O)N4CCC(C#N)CC4)CC3)s2)c1. The van der Waals surface area contributed by atoms with Gasteiger partial charge in [0.1, 0.15) is 16.3 Å². The Morgan fingerprint density at radius 2 is 1.90 bits per heavy atom. The molecule has 1 aliphatic carbocycles. The second-order valence-corrected chi connectivity index (χ2v) is 11.6. The maximum absolute atomic E-state index is 13.0. The van der Waals surface area contributed by atoms with E-state index in [0.29, 0.717) is 62.3 Å². The van der Waals surface area contributed by atoms with Crippen LogP contribution in [0.15, 0.2) is 36.7 Å². The van der Waals surface area contributed by atoms with Crippen LogP contribution in [0.5, 0.6) is 0 Å². The fraction of sp³-hybridized carbons (Fsp3) is 0.464. The van der Waals surface area contributed by atoms with Gasteiger partial charge in [-0.1, -0.05) is 6.07 Å². The number of carbonyl (C=O) groups is 1. The Morgan fingerprint density at radius 3 is 2.58 bits per heavy atom. The number of alkyl halides is 3. The maximum Gasteiger partial charge on any atom is 0.433 e. The summed E-state index contributed by atoms with van der Waals surface area (Å²) >= 11 is 1.37. The van der Waals surface area contributed by atoms with Gasteiger partial charge >= 0.3 is 6.18 Å². The van der Waals surface area contributed by atoms with Crippen LogP contribution in [0.3, 0.4) is 0 Å². The van der Waals surface area contributed by atoms with E-state index in [0.717, 1.165) is 28.3 Å². The van der Waals surface area contributed by atoms with Gasteiger partial charge in [0.25, 0.3) is 0 Å². The Kier molecular flexibility index (Phi) is 7.79. The van der Waals surface area contributed by atoms with Crippen molar-refractivity contribution in [3.8, 4) is 16.5 Å².